The first-order valence-electron chi connectivity index (χ1n) is 9.38. The summed E-state index contributed by atoms with van der Waals surface area (Å²) in [6, 6.07) is 9.61. The van der Waals surface area contributed by atoms with Crippen molar-refractivity contribution in [3.8, 4) is 11.6 Å². The molecule has 2 heterocycles. The van der Waals surface area contributed by atoms with E-state index in [9.17, 15) is 4.79 Å². The fourth-order valence-corrected chi connectivity index (χ4v) is 3.42. The van der Waals surface area contributed by atoms with Crippen LogP contribution in [-0.2, 0) is 21.6 Å². The molecule has 1 fully saturated rings. The average Bonchev–Trinajstić information content (AvgIpc) is 3.43. The quantitative estimate of drug-likeness (QED) is 0.845. The second-order valence-electron chi connectivity index (χ2n) is 7.78. The third kappa shape index (κ3) is 3.42. The van der Waals surface area contributed by atoms with E-state index in [-0.39, 0.29) is 11.3 Å². The highest BCUT2D eigenvalue weighted by Gasteiger charge is 2.49. The van der Waals surface area contributed by atoms with E-state index in [1.165, 1.54) is 11.1 Å². The number of hydrogen-bond acceptors (Lipinski definition) is 5. The molecule has 1 atom stereocenters. The molecule has 2 aliphatic rings. The normalized spacial score (nSPS) is 19.1. The number of nitrogens with two attached hydrogens (primary N) is 1. The minimum atomic E-state index is -0.904. The zero-order valence-corrected chi connectivity index (χ0v) is 15.7. The minimum absolute atomic E-state index is 0.115. The summed E-state index contributed by atoms with van der Waals surface area (Å²) >= 11 is 0. The second kappa shape index (κ2) is 6.62. The number of nitrogens with zero attached hydrogens (tertiary/aromatic N) is 1. The minimum Gasteiger partial charge on any atom is -0.439 e. The van der Waals surface area contributed by atoms with Crippen molar-refractivity contribution in [1.29, 1.82) is 0 Å². The van der Waals surface area contributed by atoms with E-state index in [1.54, 1.807) is 25.3 Å². The van der Waals surface area contributed by atoms with Gasteiger partial charge in [-0.1, -0.05) is 19.1 Å². The lowest BCUT2D eigenvalue weighted by Gasteiger charge is -2.27. The van der Waals surface area contributed by atoms with Gasteiger partial charge in [0.2, 0.25) is 11.8 Å². The predicted molar refractivity (Wildman–Crippen MR) is 103 cm³/mol. The van der Waals surface area contributed by atoms with Crippen molar-refractivity contribution < 1.29 is 14.3 Å². The molecule has 0 saturated heterocycles. The Kier molecular flexibility index (Phi) is 4.40. The highest BCUT2D eigenvalue weighted by atomic mass is 16.5. The van der Waals surface area contributed by atoms with E-state index in [2.05, 4.69) is 16.4 Å². The van der Waals surface area contributed by atoms with Gasteiger partial charge in [-0.3, -0.25) is 4.79 Å². The molecule has 27 heavy (non-hydrogen) atoms. The topological polar surface area (TPSA) is 86.5 Å². The maximum absolute atomic E-state index is 12.2. The molecule has 0 bridgehead atoms. The van der Waals surface area contributed by atoms with Crippen molar-refractivity contribution >= 4 is 11.6 Å². The monoisotopic (exact) mass is 367 g/mol. The summed E-state index contributed by atoms with van der Waals surface area (Å²) in [5.74, 6) is 1.11. The van der Waals surface area contributed by atoms with Crippen LogP contribution in [0.15, 0.2) is 36.5 Å². The van der Waals surface area contributed by atoms with Crippen molar-refractivity contribution in [1.82, 2.24) is 4.98 Å². The Morgan fingerprint density at radius 1 is 1.37 bits per heavy atom. The van der Waals surface area contributed by atoms with Gasteiger partial charge >= 0.3 is 0 Å². The Bertz CT molecular complexity index is 857. The molecule has 1 aromatic carbocycles. The number of carbonyl (C=O) groups is 1. The van der Waals surface area contributed by atoms with Crippen molar-refractivity contribution in [3.63, 3.8) is 0 Å². The van der Waals surface area contributed by atoms with Gasteiger partial charge in [0.1, 0.15) is 5.75 Å². The number of fused-ring (bicyclic) bond motifs is 2. The lowest BCUT2D eigenvalue weighted by Crippen LogP contribution is -2.47. The van der Waals surface area contributed by atoms with Crippen molar-refractivity contribution in [2.24, 2.45) is 5.73 Å². The zero-order chi connectivity index (χ0) is 19.1. The number of aromatic nitrogens is 1. The first-order chi connectivity index (χ1) is 12.9. The van der Waals surface area contributed by atoms with Gasteiger partial charge in [0.25, 0.3) is 0 Å². The average molecular weight is 367 g/mol. The number of rotatable bonds is 5. The zero-order valence-electron chi connectivity index (χ0n) is 15.7. The third-order valence-electron chi connectivity index (χ3n) is 5.59. The Morgan fingerprint density at radius 3 is 2.85 bits per heavy atom. The summed E-state index contributed by atoms with van der Waals surface area (Å²) in [4.78, 5) is 16.5. The maximum atomic E-state index is 12.2. The van der Waals surface area contributed by atoms with Crippen LogP contribution < -0.4 is 15.8 Å². The Hall–Kier alpha value is -2.44. The van der Waals surface area contributed by atoms with Crippen LogP contribution in [0.3, 0.4) is 0 Å². The number of ether oxygens (including phenoxy) is 2. The highest BCUT2D eigenvalue weighted by Crippen LogP contribution is 2.55. The van der Waals surface area contributed by atoms with Gasteiger partial charge in [0.15, 0.2) is 0 Å². The van der Waals surface area contributed by atoms with E-state index in [0.29, 0.717) is 24.6 Å². The molecule has 1 aromatic heterocycles. The van der Waals surface area contributed by atoms with Crippen LogP contribution in [0.4, 0.5) is 5.69 Å². The van der Waals surface area contributed by atoms with Crippen LogP contribution in [0.5, 0.6) is 11.6 Å². The summed E-state index contributed by atoms with van der Waals surface area (Å²) in [5.41, 5.74) is 8.23. The van der Waals surface area contributed by atoms with E-state index in [4.69, 9.17) is 15.2 Å². The standard InChI is InChI=1S/C21H25N3O3/c1-3-20(2,22)19(25)24-15-7-8-17(23-11-15)27-16-6-4-5-14-12-26-13-21(9-10-21)18(14)16/h4-8,11H,3,9-10,12-13,22H2,1-2H3,(H,24,25)/t20-/m0/s1. The first-order valence-corrected chi connectivity index (χ1v) is 9.38. The number of anilines is 1. The molecule has 0 radical (unpaired) electrons. The number of pyridine rings is 1. The molecule has 1 amide bonds. The number of amides is 1. The summed E-state index contributed by atoms with van der Waals surface area (Å²) in [6.45, 7) is 4.98. The lowest BCUT2D eigenvalue weighted by atomic mass is 9.89. The molecule has 1 spiro atoms. The predicted octanol–water partition coefficient (Wildman–Crippen LogP) is 3.50. The van der Waals surface area contributed by atoms with E-state index in [1.807, 2.05) is 19.1 Å². The molecule has 6 nitrogen and oxygen atoms in total. The molecule has 3 N–H and O–H groups in total. The Morgan fingerprint density at radius 2 is 2.19 bits per heavy atom. The maximum Gasteiger partial charge on any atom is 0.244 e. The smallest absolute Gasteiger partial charge is 0.244 e. The summed E-state index contributed by atoms with van der Waals surface area (Å²) in [5, 5.41) is 2.80. The van der Waals surface area contributed by atoms with Crippen LogP contribution in [0.1, 0.15) is 44.2 Å². The van der Waals surface area contributed by atoms with Gasteiger partial charge in [-0.25, -0.2) is 4.98 Å². The highest BCUT2D eigenvalue weighted by molar-refractivity contribution is 5.97. The van der Waals surface area contributed by atoms with Crippen molar-refractivity contribution in [2.75, 3.05) is 11.9 Å². The SMILES string of the molecule is CC[C@](C)(N)C(=O)Nc1ccc(Oc2cccc3c2C2(CC2)COC3)nc1. The summed E-state index contributed by atoms with van der Waals surface area (Å²) in [7, 11) is 0. The molecule has 0 unspecified atom stereocenters. The fraction of sp³-hybridized carbons (Fsp3) is 0.429. The molecular weight excluding hydrogens is 342 g/mol. The molecule has 2 aromatic rings. The molecule has 142 valence electrons. The van der Waals surface area contributed by atoms with E-state index >= 15 is 0 Å². The number of carbonyl (C=O) groups excluding carboxylic acids is 1. The van der Waals surface area contributed by atoms with Gasteiger partial charge in [-0.2, -0.15) is 0 Å². The van der Waals surface area contributed by atoms with Gasteiger partial charge in [0, 0.05) is 17.0 Å². The van der Waals surface area contributed by atoms with Crippen LogP contribution in [-0.4, -0.2) is 23.0 Å². The Balaban J connectivity index is 1.51. The van der Waals surface area contributed by atoms with Crippen LogP contribution in [0, 0.1) is 0 Å². The van der Waals surface area contributed by atoms with Crippen molar-refractivity contribution in [2.45, 2.75) is 50.7 Å². The molecule has 1 aliphatic carbocycles. The van der Waals surface area contributed by atoms with Gasteiger partial charge in [-0.15, -0.1) is 0 Å². The third-order valence-corrected chi connectivity index (χ3v) is 5.59. The number of benzene rings is 1. The van der Waals surface area contributed by atoms with E-state index < -0.39 is 5.54 Å². The van der Waals surface area contributed by atoms with Gasteiger partial charge in [-0.05, 0) is 43.9 Å². The van der Waals surface area contributed by atoms with Gasteiger partial charge in [0.05, 0.1) is 30.6 Å². The molecule has 1 saturated carbocycles. The fourth-order valence-electron chi connectivity index (χ4n) is 3.42. The van der Waals surface area contributed by atoms with Crippen LogP contribution in [0.2, 0.25) is 0 Å². The summed E-state index contributed by atoms with van der Waals surface area (Å²) < 4.78 is 11.8. The number of nitrogens with one attached hydrogen (secondary N) is 1. The van der Waals surface area contributed by atoms with Crippen LogP contribution in [0.25, 0.3) is 0 Å². The molecule has 1 aliphatic heterocycles. The summed E-state index contributed by atoms with van der Waals surface area (Å²) in [6.07, 6.45) is 4.41. The second-order valence-corrected chi connectivity index (χ2v) is 7.78. The van der Waals surface area contributed by atoms with Crippen molar-refractivity contribution in [3.05, 3.63) is 47.7 Å². The van der Waals surface area contributed by atoms with Gasteiger partial charge < -0.3 is 20.5 Å². The first kappa shape index (κ1) is 17.9. The Labute approximate surface area is 159 Å². The molecule has 6 heteroatoms. The molecule has 4 rings (SSSR count). The van der Waals surface area contributed by atoms with Crippen LogP contribution >= 0.6 is 0 Å². The van der Waals surface area contributed by atoms with E-state index in [0.717, 1.165) is 25.2 Å². The largest absolute Gasteiger partial charge is 0.439 e. The lowest BCUT2D eigenvalue weighted by molar-refractivity contribution is -0.120. The number of hydrogen-bond donors (Lipinski definition) is 2. The molecular formula is C21H25N3O3.